The molecule has 2 amide bonds. The highest BCUT2D eigenvalue weighted by Gasteiger charge is 2.21. The summed E-state index contributed by atoms with van der Waals surface area (Å²) >= 11 is 0. The van der Waals surface area contributed by atoms with Crippen molar-refractivity contribution in [2.24, 2.45) is 0 Å². The molecule has 7 nitrogen and oxygen atoms in total. The molecule has 1 saturated heterocycles. The van der Waals surface area contributed by atoms with Gasteiger partial charge in [0.1, 0.15) is 0 Å². The van der Waals surface area contributed by atoms with E-state index in [1.165, 1.54) is 18.2 Å². The van der Waals surface area contributed by atoms with Gasteiger partial charge in [0.2, 0.25) is 11.8 Å². The van der Waals surface area contributed by atoms with Crippen LogP contribution in [0.2, 0.25) is 0 Å². The number of nitro groups is 1. The Kier molecular flexibility index (Phi) is 5.07. The molecule has 0 atom stereocenters. The van der Waals surface area contributed by atoms with Crippen LogP contribution in [0.3, 0.4) is 0 Å². The summed E-state index contributed by atoms with van der Waals surface area (Å²) in [5.74, 6) is -0.193. The molecule has 2 aromatic carbocycles. The van der Waals surface area contributed by atoms with E-state index >= 15 is 0 Å². The molecule has 0 saturated carbocycles. The fourth-order valence-electron chi connectivity index (χ4n) is 2.71. The van der Waals surface area contributed by atoms with Gasteiger partial charge in [-0.2, -0.15) is 0 Å². The van der Waals surface area contributed by atoms with Crippen molar-refractivity contribution in [3.05, 3.63) is 70.3 Å². The van der Waals surface area contributed by atoms with E-state index in [-0.39, 0.29) is 17.5 Å². The zero-order valence-electron chi connectivity index (χ0n) is 13.9. The third-order valence-corrected chi connectivity index (χ3v) is 4.05. The molecule has 1 heterocycles. The van der Waals surface area contributed by atoms with Gasteiger partial charge in [0.05, 0.1) is 4.92 Å². The lowest BCUT2D eigenvalue weighted by molar-refractivity contribution is -0.384. The summed E-state index contributed by atoms with van der Waals surface area (Å²) in [7, 11) is 0. The molecule has 0 aromatic heterocycles. The van der Waals surface area contributed by atoms with Crippen LogP contribution in [0.25, 0.3) is 6.08 Å². The number of hydrogen-bond acceptors (Lipinski definition) is 4. The molecule has 1 aliphatic rings. The van der Waals surface area contributed by atoms with Gasteiger partial charge >= 0.3 is 0 Å². The average molecular weight is 351 g/mol. The Balaban J connectivity index is 1.59. The van der Waals surface area contributed by atoms with Crippen molar-refractivity contribution < 1.29 is 14.5 Å². The molecule has 1 aliphatic heterocycles. The molecule has 2 aromatic rings. The second-order valence-corrected chi connectivity index (χ2v) is 5.87. The van der Waals surface area contributed by atoms with Crippen LogP contribution in [0.4, 0.5) is 17.1 Å². The van der Waals surface area contributed by atoms with Gasteiger partial charge in [0.25, 0.3) is 5.69 Å². The Morgan fingerprint density at radius 3 is 2.38 bits per heavy atom. The molecule has 3 rings (SSSR count). The summed E-state index contributed by atoms with van der Waals surface area (Å²) in [6.45, 7) is 0.725. The van der Waals surface area contributed by atoms with Crippen LogP contribution in [0.15, 0.2) is 54.6 Å². The monoisotopic (exact) mass is 351 g/mol. The number of benzene rings is 2. The summed E-state index contributed by atoms with van der Waals surface area (Å²) < 4.78 is 0. The lowest BCUT2D eigenvalue weighted by Crippen LogP contribution is -2.23. The minimum absolute atomic E-state index is 0.00294. The van der Waals surface area contributed by atoms with Gasteiger partial charge in [0.15, 0.2) is 0 Å². The van der Waals surface area contributed by atoms with Crippen LogP contribution in [0, 0.1) is 10.1 Å². The van der Waals surface area contributed by atoms with Gasteiger partial charge in [-0.25, -0.2) is 0 Å². The minimum atomic E-state index is -0.473. The van der Waals surface area contributed by atoms with Gasteiger partial charge < -0.3 is 10.2 Å². The highest BCUT2D eigenvalue weighted by Crippen LogP contribution is 2.23. The number of rotatable bonds is 5. The van der Waals surface area contributed by atoms with Crippen molar-refractivity contribution in [2.75, 3.05) is 16.8 Å². The first-order valence-corrected chi connectivity index (χ1v) is 8.17. The Bertz CT molecular complexity index is 857. The number of hydrogen-bond donors (Lipinski definition) is 1. The summed E-state index contributed by atoms with van der Waals surface area (Å²) in [6, 6.07) is 13.0. The maximum atomic E-state index is 12.0. The van der Waals surface area contributed by atoms with Crippen LogP contribution >= 0.6 is 0 Å². The molecule has 0 bridgehead atoms. The van der Waals surface area contributed by atoms with Gasteiger partial charge in [0, 0.05) is 42.5 Å². The zero-order valence-corrected chi connectivity index (χ0v) is 13.9. The lowest BCUT2D eigenvalue weighted by Gasteiger charge is -2.15. The number of anilines is 2. The lowest BCUT2D eigenvalue weighted by atomic mass is 10.2. The third kappa shape index (κ3) is 4.13. The Morgan fingerprint density at radius 2 is 1.81 bits per heavy atom. The minimum Gasteiger partial charge on any atom is -0.323 e. The van der Waals surface area contributed by atoms with Crippen molar-refractivity contribution in [1.29, 1.82) is 0 Å². The van der Waals surface area contributed by atoms with Crippen LogP contribution in [-0.2, 0) is 9.59 Å². The number of nitrogens with zero attached hydrogens (tertiary/aromatic N) is 2. The van der Waals surface area contributed by atoms with Gasteiger partial charge in [-0.15, -0.1) is 0 Å². The predicted octanol–water partition coefficient (Wildman–Crippen LogP) is 3.37. The van der Waals surface area contributed by atoms with E-state index in [1.54, 1.807) is 47.4 Å². The Morgan fingerprint density at radius 1 is 1.12 bits per heavy atom. The van der Waals surface area contributed by atoms with Crippen molar-refractivity contribution >= 4 is 35.0 Å². The maximum Gasteiger partial charge on any atom is 0.269 e. The van der Waals surface area contributed by atoms with Crippen LogP contribution < -0.4 is 10.2 Å². The number of non-ortho nitro benzene ring substituents is 1. The standard InChI is InChI=1S/C19H17N3O4/c23-18(12-5-14-3-8-17(9-4-14)22(25)26)20-15-6-10-16(11-7-15)21-13-1-2-19(21)24/h3-12H,1-2,13H2,(H,20,23)/b12-5+. The third-order valence-electron chi connectivity index (χ3n) is 4.05. The molecular formula is C19H17N3O4. The normalized spacial score (nSPS) is 14.0. The number of nitrogens with one attached hydrogen (secondary N) is 1. The Hall–Kier alpha value is -3.48. The number of amides is 2. The fraction of sp³-hybridized carbons (Fsp3) is 0.158. The zero-order chi connectivity index (χ0) is 18.5. The van der Waals surface area contributed by atoms with Crippen molar-refractivity contribution in [2.45, 2.75) is 12.8 Å². The second-order valence-electron chi connectivity index (χ2n) is 5.87. The van der Waals surface area contributed by atoms with Gasteiger partial charge in [-0.1, -0.05) is 0 Å². The molecule has 0 aliphatic carbocycles. The summed E-state index contributed by atoms with van der Waals surface area (Å²) in [6.07, 6.45) is 4.38. The molecule has 1 fully saturated rings. The number of carbonyl (C=O) groups is 2. The van der Waals surface area contributed by atoms with E-state index in [0.717, 1.165) is 18.7 Å². The highest BCUT2D eigenvalue weighted by atomic mass is 16.6. The summed E-state index contributed by atoms with van der Waals surface area (Å²) in [5.41, 5.74) is 2.14. The van der Waals surface area contributed by atoms with Crippen LogP contribution in [-0.4, -0.2) is 23.3 Å². The molecule has 26 heavy (non-hydrogen) atoms. The molecule has 7 heteroatoms. The van der Waals surface area contributed by atoms with E-state index in [2.05, 4.69) is 5.32 Å². The number of nitro benzene ring substituents is 1. The average Bonchev–Trinajstić information content (AvgIpc) is 3.07. The van der Waals surface area contributed by atoms with Gasteiger partial charge in [-0.05, 0) is 54.5 Å². The molecule has 132 valence electrons. The molecule has 1 N–H and O–H groups in total. The molecule has 0 unspecified atom stereocenters. The SMILES string of the molecule is O=C(/C=C/c1ccc([N+](=O)[O-])cc1)Nc1ccc(N2CCCC2=O)cc1. The first-order valence-electron chi connectivity index (χ1n) is 8.17. The van der Waals surface area contributed by atoms with E-state index in [0.29, 0.717) is 17.7 Å². The van der Waals surface area contributed by atoms with Gasteiger partial charge in [-0.3, -0.25) is 19.7 Å². The molecule has 0 spiro atoms. The van der Waals surface area contributed by atoms with Crippen molar-refractivity contribution in [3.8, 4) is 0 Å². The number of carbonyl (C=O) groups excluding carboxylic acids is 2. The maximum absolute atomic E-state index is 12.0. The molecular weight excluding hydrogens is 334 g/mol. The topological polar surface area (TPSA) is 92.5 Å². The van der Waals surface area contributed by atoms with Crippen molar-refractivity contribution in [1.82, 2.24) is 0 Å². The van der Waals surface area contributed by atoms with Crippen LogP contribution in [0.1, 0.15) is 18.4 Å². The summed E-state index contributed by atoms with van der Waals surface area (Å²) in [5, 5.41) is 13.3. The quantitative estimate of drug-likeness (QED) is 0.508. The second kappa shape index (κ2) is 7.60. The molecule has 0 radical (unpaired) electrons. The van der Waals surface area contributed by atoms with E-state index in [4.69, 9.17) is 0 Å². The Labute approximate surface area is 150 Å². The smallest absolute Gasteiger partial charge is 0.269 e. The first-order chi connectivity index (χ1) is 12.5. The van der Waals surface area contributed by atoms with Crippen LogP contribution in [0.5, 0.6) is 0 Å². The summed E-state index contributed by atoms with van der Waals surface area (Å²) in [4.78, 5) is 35.6. The van der Waals surface area contributed by atoms with E-state index in [1.807, 2.05) is 0 Å². The predicted molar refractivity (Wildman–Crippen MR) is 98.8 cm³/mol. The van der Waals surface area contributed by atoms with E-state index < -0.39 is 4.92 Å². The first kappa shape index (κ1) is 17.3. The largest absolute Gasteiger partial charge is 0.323 e. The van der Waals surface area contributed by atoms with E-state index in [9.17, 15) is 19.7 Å². The van der Waals surface area contributed by atoms with Crippen molar-refractivity contribution in [3.63, 3.8) is 0 Å². The highest BCUT2D eigenvalue weighted by molar-refractivity contribution is 6.02. The fourth-order valence-corrected chi connectivity index (χ4v) is 2.71.